The van der Waals surface area contributed by atoms with E-state index in [0.717, 1.165) is 16.3 Å². The Morgan fingerprint density at radius 2 is 1.82 bits per heavy atom. The van der Waals surface area contributed by atoms with Crippen molar-refractivity contribution in [2.24, 2.45) is 0 Å². The Hall–Kier alpha value is -3.43. The molecule has 3 heterocycles. The van der Waals surface area contributed by atoms with Gasteiger partial charge in [-0.1, -0.05) is 34.4 Å². The third kappa shape index (κ3) is 5.68. The van der Waals surface area contributed by atoms with Crippen molar-refractivity contribution >= 4 is 56.5 Å². The number of halogens is 1. The molecule has 0 atom stereocenters. The number of carbonyl (C=O) groups excluding carboxylic acids is 2. The molecule has 0 saturated heterocycles. The molecule has 0 radical (unpaired) electrons. The number of hydrogen-bond acceptors (Lipinski definition) is 11. The van der Waals surface area contributed by atoms with E-state index in [1.54, 1.807) is 6.92 Å². The van der Waals surface area contributed by atoms with E-state index in [1.807, 2.05) is 0 Å². The van der Waals surface area contributed by atoms with E-state index >= 15 is 0 Å². The number of nitrogens with one attached hydrogen (secondary N) is 2. The number of ether oxygens (including phenoxy) is 1. The molecule has 11 nitrogen and oxygen atoms in total. The van der Waals surface area contributed by atoms with E-state index in [1.165, 1.54) is 65.4 Å². The minimum absolute atomic E-state index is 0.0259. The van der Waals surface area contributed by atoms with Crippen molar-refractivity contribution in [3.63, 3.8) is 0 Å². The Labute approximate surface area is 198 Å². The molecule has 4 rings (SSSR count). The molecule has 0 fully saturated rings. The normalized spacial score (nSPS) is 10.8. The number of amides is 2. The number of aryl methyl sites for hydroxylation is 1. The van der Waals surface area contributed by atoms with Gasteiger partial charge in [0.15, 0.2) is 15.8 Å². The van der Waals surface area contributed by atoms with E-state index in [4.69, 9.17) is 4.74 Å². The number of nitrogens with zero attached hydrogens (tertiary/aromatic N) is 6. The summed E-state index contributed by atoms with van der Waals surface area (Å²) in [6.07, 6.45) is 1.52. The molecule has 0 bridgehead atoms. The van der Waals surface area contributed by atoms with E-state index in [2.05, 4.69) is 36.1 Å². The van der Waals surface area contributed by atoms with Crippen LogP contribution in [0.2, 0.25) is 0 Å². The lowest BCUT2D eigenvalue weighted by Gasteiger charge is -2.00. The minimum atomic E-state index is -0.551. The fourth-order valence-electron chi connectivity index (χ4n) is 2.50. The first kappa shape index (κ1) is 22.8. The molecule has 33 heavy (non-hydrogen) atoms. The number of aromatic nitrogens is 6. The minimum Gasteiger partial charge on any atom is -0.493 e. The number of carbonyl (C=O) groups is 2. The number of benzene rings is 1. The lowest BCUT2D eigenvalue weighted by atomic mass is 10.3. The van der Waals surface area contributed by atoms with Gasteiger partial charge in [0.2, 0.25) is 16.2 Å². The topological polar surface area (TPSA) is 137 Å². The predicted molar refractivity (Wildman–Crippen MR) is 122 cm³/mol. The van der Waals surface area contributed by atoms with Gasteiger partial charge in [-0.05, 0) is 31.2 Å². The third-order valence-electron chi connectivity index (χ3n) is 3.93. The first-order valence-corrected chi connectivity index (χ1v) is 11.8. The molecule has 0 spiro atoms. The second-order valence-corrected chi connectivity index (χ2v) is 9.64. The summed E-state index contributed by atoms with van der Waals surface area (Å²) in [6.45, 7) is 1.79. The lowest BCUT2D eigenvalue weighted by Crippen LogP contribution is -2.14. The van der Waals surface area contributed by atoms with Gasteiger partial charge in [-0.3, -0.25) is 20.2 Å². The van der Waals surface area contributed by atoms with Gasteiger partial charge >= 0.3 is 0 Å². The predicted octanol–water partition coefficient (Wildman–Crippen LogP) is 3.01. The van der Waals surface area contributed by atoms with E-state index in [-0.39, 0.29) is 34.1 Å². The van der Waals surface area contributed by atoms with Gasteiger partial charge in [0.1, 0.15) is 10.8 Å². The Morgan fingerprint density at radius 3 is 2.52 bits per heavy atom. The highest BCUT2D eigenvalue weighted by Gasteiger charge is 2.20. The van der Waals surface area contributed by atoms with Crippen LogP contribution in [0.3, 0.4) is 0 Å². The SMILES string of the molecule is COc1cn(-c2ccc(F)cc2)nc1C(=O)Nc1nnc(SCC(=O)Nc2nnc(C)s2)s1. The molecular formula is C18H15FN8O3S3. The Balaban J connectivity index is 1.37. The van der Waals surface area contributed by atoms with Crippen molar-refractivity contribution in [1.82, 2.24) is 30.2 Å². The second kappa shape index (κ2) is 10.0. The number of anilines is 2. The quantitative estimate of drug-likeness (QED) is 0.273. The van der Waals surface area contributed by atoms with Crippen molar-refractivity contribution in [3.8, 4) is 11.4 Å². The van der Waals surface area contributed by atoms with Crippen LogP contribution in [0.15, 0.2) is 34.8 Å². The van der Waals surface area contributed by atoms with Gasteiger partial charge < -0.3 is 4.74 Å². The van der Waals surface area contributed by atoms with Crippen LogP contribution in [0.5, 0.6) is 5.75 Å². The van der Waals surface area contributed by atoms with Gasteiger partial charge in [0.05, 0.1) is 24.7 Å². The molecule has 170 valence electrons. The molecule has 0 saturated carbocycles. The maximum atomic E-state index is 13.2. The summed E-state index contributed by atoms with van der Waals surface area (Å²) in [7, 11) is 1.41. The molecule has 0 unspecified atom stereocenters. The highest BCUT2D eigenvalue weighted by Crippen LogP contribution is 2.27. The van der Waals surface area contributed by atoms with Gasteiger partial charge in [-0.25, -0.2) is 9.07 Å². The van der Waals surface area contributed by atoms with Crippen molar-refractivity contribution < 1.29 is 18.7 Å². The van der Waals surface area contributed by atoms with Gasteiger partial charge in [-0.2, -0.15) is 5.10 Å². The van der Waals surface area contributed by atoms with Crippen LogP contribution < -0.4 is 15.4 Å². The van der Waals surface area contributed by atoms with Crippen molar-refractivity contribution in [2.45, 2.75) is 11.3 Å². The zero-order valence-corrected chi connectivity index (χ0v) is 19.6. The Bertz CT molecular complexity index is 1290. The molecule has 1 aromatic carbocycles. The smallest absolute Gasteiger partial charge is 0.281 e. The lowest BCUT2D eigenvalue weighted by molar-refractivity contribution is -0.113. The summed E-state index contributed by atoms with van der Waals surface area (Å²) in [5, 5.41) is 26.5. The molecule has 0 aliphatic heterocycles. The van der Waals surface area contributed by atoms with Crippen LogP contribution in [-0.2, 0) is 4.79 Å². The average molecular weight is 507 g/mol. The molecule has 4 aromatic rings. The van der Waals surface area contributed by atoms with Crippen LogP contribution in [0.1, 0.15) is 15.5 Å². The Morgan fingerprint density at radius 1 is 1.09 bits per heavy atom. The summed E-state index contributed by atoms with van der Waals surface area (Å²) in [5.74, 6) is -0.859. The second-order valence-electron chi connectivity index (χ2n) is 6.26. The Kier molecular flexibility index (Phi) is 6.90. The van der Waals surface area contributed by atoms with Gasteiger partial charge in [-0.15, -0.1) is 20.4 Å². The molecule has 2 N–H and O–H groups in total. The summed E-state index contributed by atoms with van der Waals surface area (Å²) in [5.41, 5.74) is 0.586. The maximum Gasteiger partial charge on any atom is 0.281 e. The summed E-state index contributed by atoms with van der Waals surface area (Å²) < 4.78 is 20.3. The molecule has 0 aliphatic rings. The number of hydrogen-bond donors (Lipinski definition) is 2. The standard InChI is InChI=1S/C18H15FN8O3S3/c1-9-22-23-16(32-9)20-13(28)8-31-18-25-24-17(33-18)21-15(29)14-12(30-2)7-27(26-14)11-5-3-10(19)4-6-11/h3-7H,8H2,1-2H3,(H,20,23,28)(H,21,24,29). The van der Waals surface area contributed by atoms with Crippen LogP contribution in [0, 0.1) is 12.7 Å². The zero-order chi connectivity index (χ0) is 23.4. The number of methoxy groups -OCH3 is 1. The van der Waals surface area contributed by atoms with Crippen LogP contribution in [0.25, 0.3) is 5.69 Å². The van der Waals surface area contributed by atoms with Crippen LogP contribution in [-0.4, -0.2) is 54.9 Å². The van der Waals surface area contributed by atoms with Crippen molar-refractivity contribution in [3.05, 3.63) is 47.0 Å². The van der Waals surface area contributed by atoms with Crippen molar-refractivity contribution in [2.75, 3.05) is 23.5 Å². The first-order valence-electron chi connectivity index (χ1n) is 9.18. The highest BCUT2D eigenvalue weighted by atomic mass is 32.2. The number of rotatable bonds is 8. The third-order valence-corrected chi connectivity index (χ3v) is 6.66. The maximum absolute atomic E-state index is 13.2. The molecule has 15 heteroatoms. The summed E-state index contributed by atoms with van der Waals surface area (Å²) >= 11 is 3.56. The summed E-state index contributed by atoms with van der Waals surface area (Å²) in [6, 6.07) is 5.64. The molecule has 0 aliphatic carbocycles. The van der Waals surface area contributed by atoms with Crippen LogP contribution >= 0.6 is 34.4 Å². The van der Waals surface area contributed by atoms with Crippen molar-refractivity contribution in [1.29, 1.82) is 0 Å². The average Bonchev–Trinajstić information content (AvgIpc) is 3.53. The van der Waals surface area contributed by atoms with Gasteiger partial charge in [0.25, 0.3) is 5.91 Å². The van der Waals surface area contributed by atoms with E-state index < -0.39 is 5.91 Å². The number of thioether (sulfide) groups is 1. The largest absolute Gasteiger partial charge is 0.493 e. The molecular weight excluding hydrogens is 491 g/mol. The fraction of sp³-hybridized carbons (Fsp3) is 0.167. The first-order chi connectivity index (χ1) is 15.9. The van der Waals surface area contributed by atoms with E-state index in [9.17, 15) is 14.0 Å². The molecule has 2 amide bonds. The van der Waals surface area contributed by atoms with Crippen LogP contribution in [0.4, 0.5) is 14.7 Å². The van der Waals surface area contributed by atoms with Gasteiger partial charge in [0, 0.05) is 0 Å². The molecule has 3 aromatic heterocycles. The fourth-order valence-corrected chi connectivity index (χ4v) is 4.65. The van der Waals surface area contributed by atoms with E-state index in [0.29, 0.717) is 15.2 Å². The summed E-state index contributed by atoms with van der Waals surface area (Å²) in [4.78, 5) is 24.7. The highest BCUT2D eigenvalue weighted by molar-refractivity contribution is 8.01. The monoisotopic (exact) mass is 506 g/mol. The zero-order valence-electron chi connectivity index (χ0n) is 17.1.